The van der Waals surface area contributed by atoms with Gasteiger partial charge in [0.15, 0.2) is 5.76 Å². The maximum absolute atomic E-state index is 6.44. The normalized spacial score (nSPS) is 12.1. The van der Waals surface area contributed by atoms with Gasteiger partial charge in [-0.2, -0.15) is 0 Å². The molecule has 0 unspecified atom stereocenters. The molecule has 3 nitrogen and oxygen atoms in total. The third-order valence-corrected chi connectivity index (χ3v) is 9.14. The largest absolute Gasteiger partial charge is 0.435 e. The zero-order valence-corrected chi connectivity index (χ0v) is 23.7. The van der Waals surface area contributed by atoms with Crippen molar-refractivity contribution in [2.75, 3.05) is 0 Å². The molecule has 0 atom stereocenters. The first-order chi connectivity index (χ1) is 21.8. The van der Waals surface area contributed by atoms with E-state index in [4.69, 9.17) is 9.40 Å². The van der Waals surface area contributed by atoms with Crippen molar-refractivity contribution in [3.8, 4) is 50.8 Å². The van der Waals surface area contributed by atoms with Crippen molar-refractivity contribution in [2.24, 2.45) is 0 Å². The maximum atomic E-state index is 6.44. The summed E-state index contributed by atoms with van der Waals surface area (Å²) in [5.41, 5.74) is 10.1. The molecule has 3 heteroatoms. The predicted molar refractivity (Wildman–Crippen MR) is 181 cm³/mol. The van der Waals surface area contributed by atoms with Crippen LogP contribution in [-0.4, -0.2) is 9.55 Å². The molecule has 0 fully saturated rings. The van der Waals surface area contributed by atoms with Crippen molar-refractivity contribution < 1.29 is 4.42 Å². The molecule has 44 heavy (non-hydrogen) atoms. The number of fused-ring (bicyclic) bond motifs is 7. The first-order valence-electron chi connectivity index (χ1n) is 15.0. The molecule has 0 aliphatic heterocycles. The van der Waals surface area contributed by atoms with E-state index in [1.807, 2.05) is 0 Å². The highest BCUT2D eigenvalue weighted by molar-refractivity contribution is 6.15. The Morgan fingerprint density at radius 1 is 0.477 bits per heavy atom. The molecular formula is C41H24N2O. The lowest BCUT2D eigenvalue weighted by Crippen LogP contribution is -1.94. The summed E-state index contributed by atoms with van der Waals surface area (Å²) in [7, 11) is 0. The van der Waals surface area contributed by atoms with Gasteiger partial charge in [0.25, 0.3) is 0 Å². The summed E-state index contributed by atoms with van der Waals surface area (Å²) in [4.78, 5) is 4.99. The smallest absolute Gasteiger partial charge is 0.227 e. The SMILES string of the molecule is c1ccc(-c2ccc3c(c2)c2cc4ccccc4cc2n3-c2ccc(-c3nc4c(o3)-c3cccc5cccc-4c35)cc2)cc1. The van der Waals surface area contributed by atoms with Crippen molar-refractivity contribution in [2.45, 2.75) is 0 Å². The Hall–Kier alpha value is -5.93. The molecule has 204 valence electrons. The summed E-state index contributed by atoms with van der Waals surface area (Å²) in [6.45, 7) is 0. The molecule has 0 bridgehead atoms. The standard InChI is InChI=1S/C41H24N2O/c1-2-8-25(9-3-1)30-18-21-36-34(23-30)35-22-28-10-4-5-11-29(28)24-37(35)43(36)31-19-16-27(17-20-31)41-42-39-32-14-6-12-26-13-7-15-33(38(26)32)40(39)44-41/h1-24H. The van der Waals surface area contributed by atoms with Crippen LogP contribution in [0.25, 0.3) is 94.2 Å². The average Bonchev–Trinajstić information content (AvgIpc) is 3.75. The Bertz CT molecular complexity index is 2530. The fourth-order valence-electron chi connectivity index (χ4n) is 7.08. The molecule has 0 N–H and O–H groups in total. The first kappa shape index (κ1) is 23.6. The topological polar surface area (TPSA) is 31.0 Å². The van der Waals surface area contributed by atoms with Crippen molar-refractivity contribution in [3.63, 3.8) is 0 Å². The lowest BCUT2D eigenvalue weighted by atomic mass is 10.0. The summed E-state index contributed by atoms with van der Waals surface area (Å²) in [6, 6.07) is 52.0. The van der Waals surface area contributed by atoms with Gasteiger partial charge in [0, 0.05) is 38.5 Å². The summed E-state index contributed by atoms with van der Waals surface area (Å²) in [6.07, 6.45) is 0. The number of nitrogens with zero attached hydrogens (tertiary/aromatic N) is 2. The Labute approximate surface area is 253 Å². The van der Waals surface area contributed by atoms with Crippen LogP contribution < -0.4 is 0 Å². The molecule has 0 saturated carbocycles. The molecule has 7 aromatic carbocycles. The minimum atomic E-state index is 0.647. The van der Waals surface area contributed by atoms with Gasteiger partial charge < -0.3 is 8.98 Å². The van der Waals surface area contributed by atoms with Gasteiger partial charge >= 0.3 is 0 Å². The first-order valence-corrected chi connectivity index (χ1v) is 15.0. The molecule has 2 heterocycles. The number of hydrogen-bond acceptors (Lipinski definition) is 2. The summed E-state index contributed by atoms with van der Waals surface area (Å²) in [5.74, 6) is 1.51. The highest BCUT2D eigenvalue weighted by Crippen LogP contribution is 2.48. The van der Waals surface area contributed by atoms with E-state index in [9.17, 15) is 0 Å². The monoisotopic (exact) mass is 560 g/mol. The van der Waals surface area contributed by atoms with E-state index in [0.717, 1.165) is 33.8 Å². The minimum absolute atomic E-state index is 0.647. The van der Waals surface area contributed by atoms with Gasteiger partial charge in [-0.05, 0) is 75.8 Å². The van der Waals surface area contributed by atoms with E-state index >= 15 is 0 Å². The Kier molecular flexibility index (Phi) is 4.72. The average molecular weight is 561 g/mol. The van der Waals surface area contributed by atoms with Crippen molar-refractivity contribution in [3.05, 3.63) is 146 Å². The highest BCUT2D eigenvalue weighted by atomic mass is 16.4. The second-order valence-electron chi connectivity index (χ2n) is 11.6. The molecule has 1 aliphatic rings. The van der Waals surface area contributed by atoms with Crippen LogP contribution in [0, 0.1) is 0 Å². The van der Waals surface area contributed by atoms with Crippen molar-refractivity contribution in [1.82, 2.24) is 9.55 Å². The molecule has 10 rings (SSSR count). The van der Waals surface area contributed by atoms with E-state index in [1.165, 1.54) is 54.5 Å². The number of rotatable bonds is 3. The van der Waals surface area contributed by atoms with Gasteiger partial charge in [-0.15, -0.1) is 0 Å². The van der Waals surface area contributed by atoms with Gasteiger partial charge in [-0.3, -0.25) is 0 Å². The van der Waals surface area contributed by atoms with E-state index < -0.39 is 0 Å². The van der Waals surface area contributed by atoms with Gasteiger partial charge in [0.2, 0.25) is 5.89 Å². The predicted octanol–water partition coefficient (Wildman–Crippen LogP) is 11.1. The van der Waals surface area contributed by atoms with Crippen LogP contribution in [0.3, 0.4) is 0 Å². The highest BCUT2D eigenvalue weighted by Gasteiger charge is 2.27. The van der Waals surface area contributed by atoms with Crippen LogP contribution in [-0.2, 0) is 0 Å². The number of benzene rings is 7. The van der Waals surface area contributed by atoms with Crippen LogP contribution in [0.5, 0.6) is 0 Å². The van der Waals surface area contributed by atoms with Crippen LogP contribution in [0.15, 0.2) is 150 Å². The zero-order valence-electron chi connectivity index (χ0n) is 23.7. The Morgan fingerprint density at radius 2 is 1.16 bits per heavy atom. The van der Waals surface area contributed by atoms with Gasteiger partial charge in [0.05, 0.1) is 11.0 Å². The van der Waals surface area contributed by atoms with E-state index in [1.54, 1.807) is 0 Å². The summed E-state index contributed by atoms with van der Waals surface area (Å²) < 4.78 is 8.82. The van der Waals surface area contributed by atoms with Crippen molar-refractivity contribution in [1.29, 1.82) is 0 Å². The third-order valence-electron chi connectivity index (χ3n) is 9.14. The molecule has 0 spiro atoms. The molecule has 2 aromatic heterocycles. The van der Waals surface area contributed by atoms with Crippen LogP contribution >= 0.6 is 0 Å². The molecule has 0 amide bonds. The van der Waals surface area contributed by atoms with Gasteiger partial charge in [-0.25, -0.2) is 4.98 Å². The maximum Gasteiger partial charge on any atom is 0.227 e. The fraction of sp³-hybridized carbons (Fsp3) is 0. The van der Waals surface area contributed by atoms with E-state index in [2.05, 4.69) is 150 Å². The molecule has 0 radical (unpaired) electrons. The number of oxazole rings is 1. The van der Waals surface area contributed by atoms with E-state index in [-0.39, 0.29) is 0 Å². The summed E-state index contributed by atoms with van der Waals surface area (Å²) >= 11 is 0. The van der Waals surface area contributed by atoms with Gasteiger partial charge in [0.1, 0.15) is 5.69 Å². The number of hydrogen-bond donors (Lipinski definition) is 0. The zero-order chi connectivity index (χ0) is 28.8. The lowest BCUT2D eigenvalue weighted by molar-refractivity contribution is 0.590. The molecule has 1 aliphatic carbocycles. The Morgan fingerprint density at radius 3 is 1.98 bits per heavy atom. The van der Waals surface area contributed by atoms with Crippen LogP contribution in [0.4, 0.5) is 0 Å². The second kappa shape index (κ2) is 8.79. The lowest BCUT2D eigenvalue weighted by Gasteiger charge is -2.09. The van der Waals surface area contributed by atoms with Crippen LogP contribution in [0.1, 0.15) is 0 Å². The van der Waals surface area contributed by atoms with Gasteiger partial charge in [-0.1, -0.05) is 97.1 Å². The minimum Gasteiger partial charge on any atom is -0.435 e. The van der Waals surface area contributed by atoms with Crippen molar-refractivity contribution >= 4 is 43.4 Å². The summed E-state index contributed by atoms with van der Waals surface area (Å²) in [5, 5.41) is 7.41. The molecular weight excluding hydrogens is 536 g/mol. The third kappa shape index (κ3) is 3.29. The number of aromatic nitrogens is 2. The second-order valence-corrected chi connectivity index (χ2v) is 11.6. The van der Waals surface area contributed by atoms with E-state index in [0.29, 0.717) is 5.89 Å². The Balaban J connectivity index is 1.13. The molecule has 9 aromatic rings. The van der Waals surface area contributed by atoms with Crippen LogP contribution in [0.2, 0.25) is 0 Å². The molecule has 0 saturated heterocycles. The quantitative estimate of drug-likeness (QED) is 0.215. The fourth-order valence-corrected chi connectivity index (χ4v) is 7.08.